The molecule has 0 spiro atoms. The van der Waals surface area contributed by atoms with E-state index in [9.17, 15) is 5.11 Å². The average Bonchev–Trinajstić information content (AvgIpc) is 2.32. The average molecular weight is 256 g/mol. The first kappa shape index (κ1) is 12.6. The second kappa shape index (κ2) is 5.65. The summed E-state index contributed by atoms with van der Waals surface area (Å²) >= 11 is 5.86. The molecule has 17 heavy (non-hydrogen) atoms. The number of hydrogen-bond donors (Lipinski definition) is 1. The Labute approximate surface area is 107 Å². The zero-order chi connectivity index (χ0) is 12.3. The number of anilines is 1. The summed E-state index contributed by atoms with van der Waals surface area (Å²) in [4.78, 5) is 10.3. The second-order valence-corrected chi connectivity index (χ2v) is 4.94. The van der Waals surface area contributed by atoms with E-state index in [1.54, 1.807) is 6.07 Å². The van der Waals surface area contributed by atoms with Crippen LogP contribution in [0.5, 0.6) is 0 Å². The molecule has 1 N–H and O–H groups in total. The monoisotopic (exact) mass is 255 g/mol. The van der Waals surface area contributed by atoms with Gasteiger partial charge in [0.15, 0.2) is 0 Å². The molecule has 1 fully saturated rings. The smallest absolute Gasteiger partial charge is 0.134 e. The van der Waals surface area contributed by atoms with Crippen molar-refractivity contribution in [3.05, 3.63) is 17.5 Å². The van der Waals surface area contributed by atoms with E-state index in [1.165, 1.54) is 6.33 Å². The first-order chi connectivity index (χ1) is 8.20. The predicted molar refractivity (Wildman–Crippen MR) is 68.3 cm³/mol. The number of piperidine rings is 1. The van der Waals surface area contributed by atoms with E-state index in [2.05, 4.69) is 21.8 Å². The molecule has 1 aliphatic rings. The third kappa shape index (κ3) is 3.07. The molecule has 0 unspecified atom stereocenters. The van der Waals surface area contributed by atoms with Crippen LogP contribution in [0.2, 0.25) is 5.15 Å². The van der Waals surface area contributed by atoms with Gasteiger partial charge >= 0.3 is 0 Å². The number of aliphatic hydroxyl groups excluding tert-OH is 1. The van der Waals surface area contributed by atoms with Crippen LogP contribution in [0.4, 0.5) is 5.82 Å². The highest BCUT2D eigenvalue weighted by Gasteiger charge is 2.27. The van der Waals surface area contributed by atoms with Gasteiger partial charge in [0.1, 0.15) is 17.3 Å². The predicted octanol–water partition coefficient (Wildman–Crippen LogP) is 2.12. The lowest BCUT2D eigenvalue weighted by Gasteiger charge is -2.36. The molecule has 1 aromatic heterocycles. The van der Waals surface area contributed by atoms with Gasteiger partial charge < -0.3 is 10.0 Å². The van der Waals surface area contributed by atoms with Crippen LogP contribution in [0.15, 0.2) is 12.4 Å². The summed E-state index contributed by atoms with van der Waals surface area (Å²) < 4.78 is 0. The normalized spacial score (nSPS) is 25.0. The van der Waals surface area contributed by atoms with Crippen molar-refractivity contribution in [2.24, 2.45) is 5.92 Å². The summed E-state index contributed by atoms with van der Waals surface area (Å²) in [6, 6.07) is 1.78. The van der Waals surface area contributed by atoms with Gasteiger partial charge in [-0.25, -0.2) is 9.97 Å². The maximum absolute atomic E-state index is 9.93. The first-order valence-electron chi connectivity index (χ1n) is 6.11. The molecule has 2 rings (SSSR count). The fraction of sp³-hybridized carbons (Fsp3) is 0.667. The summed E-state index contributed by atoms with van der Waals surface area (Å²) in [5.74, 6) is 1.19. The Morgan fingerprint density at radius 1 is 1.53 bits per heavy atom. The van der Waals surface area contributed by atoms with Crippen molar-refractivity contribution in [1.82, 2.24) is 9.97 Å². The zero-order valence-corrected chi connectivity index (χ0v) is 10.8. The standard InChI is InChI=1S/C12H18ClN3O/c1-2-3-9-7-16(5-4-10(9)17)12-6-11(13)14-8-15-12/h6,8-10,17H,2-5,7H2,1H3/t9-,10-/m0/s1. The first-order valence-corrected chi connectivity index (χ1v) is 6.49. The topological polar surface area (TPSA) is 49.2 Å². The summed E-state index contributed by atoms with van der Waals surface area (Å²) in [6.07, 6.45) is 4.25. The maximum atomic E-state index is 9.93. The number of aromatic nitrogens is 2. The van der Waals surface area contributed by atoms with Gasteiger partial charge in [-0.05, 0) is 12.8 Å². The van der Waals surface area contributed by atoms with Gasteiger partial charge in [-0.3, -0.25) is 0 Å². The minimum Gasteiger partial charge on any atom is -0.393 e. The van der Waals surface area contributed by atoms with Crippen LogP contribution in [0.25, 0.3) is 0 Å². The van der Waals surface area contributed by atoms with Crippen molar-refractivity contribution in [1.29, 1.82) is 0 Å². The van der Waals surface area contributed by atoms with Gasteiger partial charge in [0.25, 0.3) is 0 Å². The molecule has 5 heteroatoms. The fourth-order valence-corrected chi connectivity index (χ4v) is 2.52. The lowest BCUT2D eigenvalue weighted by Crippen LogP contribution is -2.43. The van der Waals surface area contributed by atoms with Crippen molar-refractivity contribution < 1.29 is 5.11 Å². The molecule has 0 amide bonds. The third-order valence-electron chi connectivity index (χ3n) is 3.30. The maximum Gasteiger partial charge on any atom is 0.134 e. The summed E-state index contributed by atoms with van der Waals surface area (Å²) in [5.41, 5.74) is 0. The number of aliphatic hydroxyl groups is 1. The number of rotatable bonds is 3. The molecule has 0 bridgehead atoms. The lowest BCUT2D eigenvalue weighted by molar-refractivity contribution is 0.0828. The molecule has 0 radical (unpaired) electrons. The van der Waals surface area contributed by atoms with Crippen molar-refractivity contribution in [2.45, 2.75) is 32.3 Å². The Balaban J connectivity index is 2.07. The SMILES string of the molecule is CCC[C@H]1CN(c2cc(Cl)ncn2)CC[C@@H]1O. The highest BCUT2D eigenvalue weighted by Crippen LogP contribution is 2.25. The summed E-state index contributed by atoms with van der Waals surface area (Å²) in [6.45, 7) is 3.82. The third-order valence-corrected chi connectivity index (χ3v) is 3.50. The van der Waals surface area contributed by atoms with Crippen LogP contribution in [0, 0.1) is 5.92 Å². The van der Waals surface area contributed by atoms with Gasteiger partial charge in [0.2, 0.25) is 0 Å². The van der Waals surface area contributed by atoms with Crippen LogP contribution in [0.3, 0.4) is 0 Å². The second-order valence-electron chi connectivity index (χ2n) is 4.55. The lowest BCUT2D eigenvalue weighted by atomic mass is 9.91. The molecule has 2 heterocycles. The van der Waals surface area contributed by atoms with Crippen molar-refractivity contribution in [3.63, 3.8) is 0 Å². The van der Waals surface area contributed by atoms with Crippen LogP contribution in [-0.4, -0.2) is 34.3 Å². The molecule has 2 atom stereocenters. The number of nitrogens with zero attached hydrogens (tertiary/aromatic N) is 3. The van der Waals surface area contributed by atoms with E-state index < -0.39 is 0 Å². The van der Waals surface area contributed by atoms with Crippen LogP contribution >= 0.6 is 11.6 Å². The molecule has 0 aromatic carbocycles. The van der Waals surface area contributed by atoms with Crippen molar-refractivity contribution in [3.8, 4) is 0 Å². The zero-order valence-electron chi connectivity index (χ0n) is 10.0. The fourth-order valence-electron chi connectivity index (χ4n) is 2.38. The van der Waals surface area contributed by atoms with Gasteiger partial charge in [-0.1, -0.05) is 24.9 Å². The van der Waals surface area contributed by atoms with E-state index >= 15 is 0 Å². The molecular formula is C12H18ClN3O. The quantitative estimate of drug-likeness (QED) is 0.841. The molecule has 0 aliphatic carbocycles. The molecule has 4 nitrogen and oxygen atoms in total. The molecule has 1 aromatic rings. The van der Waals surface area contributed by atoms with Gasteiger partial charge in [-0.15, -0.1) is 0 Å². The van der Waals surface area contributed by atoms with E-state index in [0.29, 0.717) is 11.1 Å². The van der Waals surface area contributed by atoms with Gasteiger partial charge in [0.05, 0.1) is 6.10 Å². The van der Waals surface area contributed by atoms with Gasteiger partial charge in [-0.2, -0.15) is 0 Å². The van der Waals surface area contributed by atoms with E-state index in [4.69, 9.17) is 11.6 Å². The van der Waals surface area contributed by atoms with Crippen molar-refractivity contribution in [2.75, 3.05) is 18.0 Å². The summed E-state index contributed by atoms with van der Waals surface area (Å²) in [7, 11) is 0. The molecule has 1 aliphatic heterocycles. The highest BCUT2D eigenvalue weighted by atomic mass is 35.5. The Bertz CT molecular complexity index is 375. The highest BCUT2D eigenvalue weighted by molar-refractivity contribution is 6.29. The van der Waals surface area contributed by atoms with Crippen LogP contribution in [-0.2, 0) is 0 Å². The molecule has 1 saturated heterocycles. The minimum absolute atomic E-state index is 0.177. The van der Waals surface area contributed by atoms with Crippen LogP contribution in [0.1, 0.15) is 26.2 Å². The van der Waals surface area contributed by atoms with Gasteiger partial charge in [0, 0.05) is 25.1 Å². The Hall–Kier alpha value is -0.870. The van der Waals surface area contributed by atoms with E-state index in [1.807, 2.05) is 0 Å². The van der Waals surface area contributed by atoms with E-state index in [-0.39, 0.29) is 6.10 Å². The minimum atomic E-state index is -0.177. The Kier molecular flexibility index (Phi) is 4.18. The van der Waals surface area contributed by atoms with Crippen molar-refractivity contribution >= 4 is 17.4 Å². The van der Waals surface area contributed by atoms with E-state index in [0.717, 1.165) is 38.2 Å². The molecule has 94 valence electrons. The molecule has 0 saturated carbocycles. The Morgan fingerprint density at radius 2 is 2.35 bits per heavy atom. The Morgan fingerprint density at radius 3 is 3.06 bits per heavy atom. The van der Waals surface area contributed by atoms with Crippen LogP contribution < -0.4 is 4.90 Å². The number of hydrogen-bond acceptors (Lipinski definition) is 4. The molecular weight excluding hydrogens is 238 g/mol. The number of halogens is 1. The largest absolute Gasteiger partial charge is 0.393 e. The summed E-state index contributed by atoms with van der Waals surface area (Å²) in [5, 5.41) is 10.4.